The maximum atomic E-state index is 13.7. The number of carbonyl (C=O) groups excluding carboxylic acids is 1. The number of halogens is 1. The third-order valence-electron chi connectivity index (χ3n) is 6.65. The van der Waals surface area contributed by atoms with E-state index in [9.17, 15) is 9.59 Å². The molecule has 0 aliphatic carbocycles. The first-order valence-corrected chi connectivity index (χ1v) is 12.5. The fourth-order valence-electron chi connectivity index (χ4n) is 4.64. The Bertz CT molecular complexity index is 1450. The molecule has 36 heavy (non-hydrogen) atoms. The summed E-state index contributed by atoms with van der Waals surface area (Å²) < 4.78 is 1.68. The number of rotatable bonds is 6. The van der Waals surface area contributed by atoms with Crippen LogP contribution in [-0.2, 0) is 17.9 Å². The number of nitrogens with zero attached hydrogens (tertiary/aromatic N) is 4. The van der Waals surface area contributed by atoms with Crippen LogP contribution in [0.3, 0.4) is 0 Å². The first kappa shape index (κ1) is 24.0. The van der Waals surface area contributed by atoms with Gasteiger partial charge < -0.3 is 10.2 Å². The zero-order valence-electron chi connectivity index (χ0n) is 20.2. The molecule has 4 aromatic rings. The number of aromatic nitrogens is 3. The minimum atomic E-state index is -0.238. The van der Waals surface area contributed by atoms with E-state index in [2.05, 4.69) is 10.3 Å². The zero-order chi connectivity index (χ0) is 25.1. The lowest BCUT2D eigenvalue weighted by Gasteiger charge is -2.32. The molecule has 1 unspecified atom stereocenters. The number of fused-ring (bicyclic) bond motifs is 1. The van der Waals surface area contributed by atoms with E-state index in [1.807, 2.05) is 72.5 Å². The number of piperidine rings is 1. The van der Waals surface area contributed by atoms with Crippen LogP contribution < -0.4 is 15.8 Å². The van der Waals surface area contributed by atoms with Crippen molar-refractivity contribution in [3.63, 3.8) is 0 Å². The van der Waals surface area contributed by atoms with Gasteiger partial charge in [0.25, 0.3) is 5.56 Å². The maximum Gasteiger partial charge on any atom is 0.295 e. The second kappa shape index (κ2) is 10.5. The van der Waals surface area contributed by atoms with E-state index < -0.39 is 0 Å². The van der Waals surface area contributed by atoms with Gasteiger partial charge in [0.1, 0.15) is 5.52 Å². The van der Waals surface area contributed by atoms with Crippen molar-refractivity contribution in [2.24, 2.45) is 5.92 Å². The molecule has 0 saturated carbocycles. The lowest BCUT2D eigenvalue weighted by molar-refractivity contribution is -0.125. The van der Waals surface area contributed by atoms with Crippen molar-refractivity contribution in [3.8, 4) is 0 Å². The number of amides is 1. The van der Waals surface area contributed by atoms with Crippen molar-refractivity contribution >= 4 is 34.5 Å². The van der Waals surface area contributed by atoms with Gasteiger partial charge in [0.2, 0.25) is 5.91 Å². The predicted octanol–water partition coefficient (Wildman–Crippen LogP) is 4.33. The molecule has 8 heteroatoms. The zero-order valence-corrected chi connectivity index (χ0v) is 20.9. The molecule has 1 saturated heterocycles. The highest BCUT2D eigenvalue weighted by Crippen LogP contribution is 2.22. The number of benzene rings is 2. The van der Waals surface area contributed by atoms with E-state index in [0.29, 0.717) is 48.2 Å². The van der Waals surface area contributed by atoms with Crippen LogP contribution in [0.1, 0.15) is 29.5 Å². The van der Waals surface area contributed by atoms with Crippen LogP contribution in [0.25, 0.3) is 11.2 Å². The number of hydrogen-bond donors (Lipinski definition) is 1. The third kappa shape index (κ3) is 5.11. The quantitative estimate of drug-likeness (QED) is 0.425. The van der Waals surface area contributed by atoms with Gasteiger partial charge in [0.15, 0.2) is 11.5 Å². The second-order valence-corrected chi connectivity index (χ2v) is 9.66. The lowest BCUT2D eigenvalue weighted by atomic mass is 9.97. The van der Waals surface area contributed by atoms with Crippen molar-refractivity contribution in [2.75, 3.05) is 18.0 Å². The van der Waals surface area contributed by atoms with Crippen molar-refractivity contribution < 1.29 is 4.79 Å². The maximum absolute atomic E-state index is 13.7. The Hall–Kier alpha value is -3.71. The normalized spacial score (nSPS) is 15.7. The van der Waals surface area contributed by atoms with E-state index in [0.717, 1.165) is 29.5 Å². The van der Waals surface area contributed by atoms with Crippen LogP contribution in [0.4, 0.5) is 5.82 Å². The molecule has 5 rings (SSSR count). The SMILES string of the molecule is Cc1ccc(Cn2c(=O)c(N3CCCC(C(=O)NCc4ccccc4Cl)C3)nc3cccnc32)cc1. The Morgan fingerprint density at radius 3 is 2.72 bits per heavy atom. The van der Waals surface area contributed by atoms with Gasteiger partial charge in [-0.05, 0) is 49.1 Å². The van der Waals surface area contributed by atoms with Gasteiger partial charge >= 0.3 is 0 Å². The molecule has 2 aromatic heterocycles. The Labute approximate surface area is 214 Å². The van der Waals surface area contributed by atoms with E-state index in [-0.39, 0.29) is 17.4 Å². The fourth-order valence-corrected chi connectivity index (χ4v) is 4.85. The summed E-state index contributed by atoms with van der Waals surface area (Å²) in [5.74, 6) is 0.0888. The standard InChI is InChI=1S/C28H28ClN5O2/c1-19-10-12-20(13-11-19)17-34-25-24(9-4-14-30-25)32-26(28(34)36)33-15-5-7-22(18-33)27(35)31-16-21-6-2-3-8-23(21)29/h2-4,6,8-14,22H,5,7,15-18H2,1H3,(H,31,35). The molecule has 0 spiro atoms. The van der Waals surface area contributed by atoms with Crippen LogP contribution >= 0.6 is 11.6 Å². The van der Waals surface area contributed by atoms with Crippen molar-refractivity contribution in [1.29, 1.82) is 0 Å². The number of hydrogen-bond acceptors (Lipinski definition) is 5. The summed E-state index contributed by atoms with van der Waals surface area (Å²) >= 11 is 6.23. The molecule has 1 aliphatic heterocycles. The largest absolute Gasteiger partial charge is 0.352 e. The van der Waals surface area contributed by atoms with Gasteiger partial charge in [-0.25, -0.2) is 9.97 Å². The smallest absolute Gasteiger partial charge is 0.295 e. The first-order valence-electron chi connectivity index (χ1n) is 12.2. The summed E-state index contributed by atoms with van der Waals surface area (Å²) in [5, 5.41) is 3.64. The molecular formula is C28H28ClN5O2. The van der Waals surface area contributed by atoms with Crippen molar-refractivity contribution in [2.45, 2.75) is 32.9 Å². The summed E-state index contributed by atoms with van der Waals surface area (Å²) in [4.78, 5) is 37.8. The van der Waals surface area contributed by atoms with Crippen LogP contribution in [0.15, 0.2) is 71.7 Å². The predicted molar refractivity (Wildman–Crippen MR) is 142 cm³/mol. The van der Waals surface area contributed by atoms with Crippen LogP contribution in [0.2, 0.25) is 5.02 Å². The van der Waals surface area contributed by atoms with Crippen LogP contribution in [-0.4, -0.2) is 33.5 Å². The Kier molecular flexibility index (Phi) is 7.00. The molecule has 3 heterocycles. The molecule has 1 aliphatic rings. The third-order valence-corrected chi connectivity index (χ3v) is 7.02. The number of aryl methyl sites for hydroxylation is 1. The molecule has 2 aromatic carbocycles. The minimum absolute atomic E-state index is 0.0398. The van der Waals surface area contributed by atoms with E-state index in [4.69, 9.17) is 16.6 Å². The Morgan fingerprint density at radius 2 is 1.92 bits per heavy atom. The van der Waals surface area contributed by atoms with E-state index in [1.165, 1.54) is 0 Å². The highest BCUT2D eigenvalue weighted by atomic mass is 35.5. The number of carbonyl (C=O) groups is 1. The van der Waals surface area contributed by atoms with Crippen LogP contribution in [0, 0.1) is 12.8 Å². The minimum Gasteiger partial charge on any atom is -0.352 e. The Balaban J connectivity index is 1.40. The van der Waals surface area contributed by atoms with Gasteiger partial charge in [-0.3, -0.25) is 14.2 Å². The van der Waals surface area contributed by atoms with Crippen molar-refractivity contribution in [3.05, 3.63) is 98.9 Å². The Morgan fingerprint density at radius 1 is 1.11 bits per heavy atom. The highest BCUT2D eigenvalue weighted by Gasteiger charge is 2.29. The molecule has 1 atom stereocenters. The van der Waals surface area contributed by atoms with Crippen molar-refractivity contribution in [1.82, 2.24) is 19.9 Å². The summed E-state index contributed by atoms with van der Waals surface area (Å²) in [6.07, 6.45) is 3.24. The molecule has 7 nitrogen and oxygen atoms in total. The highest BCUT2D eigenvalue weighted by molar-refractivity contribution is 6.31. The topological polar surface area (TPSA) is 80.1 Å². The molecule has 1 amide bonds. The molecule has 0 bridgehead atoms. The van der Waals surface area contributed by atoms with Gasteiger partial charge in [-0.2, -0.15) is 0 Å². The number of anilines is 1. The summed E-state index contributed by atoms with van der Waals surface area (Å²) in [6, 6.07) is 19.3. The van der Waals surface area contributed by atoms with E-state index in [1.54, 1.807) is 10.8 Å². The fraction of sp³-hybridized carbons (Fsp3) is 0.286. The van der Waals surface area contributed by atoms with Gasteiger partial charge in [-0.15, -0.1) is 0 Å². The molecular weight excluding hydrogens is 474 g/mol. The monoisotopic (exact) mass is 501 g/mol. The average molecular weight is 502 g/mol. The van der Waals surface area contributed by atoms with Gasteiger partial charge in [0.05, 0.1) is 12.5 Å². The molecule has 1 fully saturated rings. The molecule has 0 radical (unpaired) electrons. The second-order valence-electron chi connectivity index (χ2n) is 9.25. The summed E-state index contributed by atoms with van der Waals surface area (Å²) in [7, 11) is 0. The summed E-state index contributed by atoms with van der Waals surface area (Å²) in [6.45, 7) is 3.92. The van der Waals surface area contributed by atoms with Crippen LogP contribution in [0.5, 0.6) is 0 Å². The van der Waals surface area contributed by atoms with Gasteiger partial charge in [0, 0.05) is 30.9 Å². The van der Waals surface area contributed by atoms with E-state index >= 15 is 0 Å². The van der Waals surface area contributed by atoms with Gasteiger partial charge in [-0.1, -0.05) is 59.6 Å². The molecule has 1 N–H and O–H groups in total. The molecule has 184 valence electrons. The lowest BCUT2D eigenvalue weighted by Crippen LogP contribution is -2.45. The average Bonchev–Trinajstić information content (AvgIpc) is 2.90. The number of nitrogens with one attached hydrogen (secondary N) is 1. The number of pyridine rings is 1. The summed E-state index contributed by atoms with van der Waals surface area (Å²) in [5.41, 5.74) is 4.07. The first-order chi connectivity index (χ1) is 17.5.